The van der Waals surface area contributed by atoms with E-state index in [1.807, 2.05) is 0 Å². The number of aliphatic carboxylic acids is 1. The van der Waals surface area contributed by atoms with Crippen molar-refractivity contribution in [1.82, 2.24) is 4.90 Å². The zero-order chi connectivity index (χ0) is 16.4. The number of hydrogen-bond acceptors (Lipinski definition) is 5. The number of amides is 2. The maximum atomic E-state index is 12.2. The van der Waals surface area contributed by atoms with E-state index in [-0.39, 0.29) is 30.9 Å². The van der Waals surface area contributed by atoms with E-state index in [4.69, 9.17) is 9.94 Å². The van der Waals surface area contributed by atoms with Crippen molar-refractivity contribution in [2.45, 2.75) is 31.8 Å². The number of carbonyl (C=O) groups is 3. The van der Waals surface area contributed by atoms with Crippen molar-refractivity contribution in [3.8, 4) is 0 Å². The third-order valence-electron chi connectivity index (χ3n) is 3.98. The largest absolute Gasteiger partial charge is 0.481 e. The predicted octanol–water partition coefficient (Wildman–Crippen LogP) is 1.68. The number of carboxylic acid groups (broad SMARTS) is 1. The summed E-state index contributed by atoms with van der Waals surface area (Å²) < 4.78 is 0. The number of carbonyl (C=O) groups excluding carboxylic acids is 2. The predicted molar refractivity (Wildman–Crippen MR) is 80.2 cm³/mol. The van der Waals surface area contributed by atoms with E-state index in [0.29, 0.717) is 30.4 Å². The van der Waals surface area contributed by atoms with Gasteiger partial charge in [0.05, 0.1) is 16.8 Å². The Morgan fingerprint density at radius 1 is 1.26 bits per heavy atom. The van der Waals surface area contributed by atoms with Crippen molar-refractivity contribution in [3.05, 3.63) is 35.4 Å². The second-order valence-electron chi connectivity index (χ2n) is 5.58. The quantitative estimate of drug-likeness (QED) is 0.805. The number of nitrogens with zero attached hydrogens (tertiary/aromatic N) is 2. The van der Waals surface area contributed by atoms with Crippen molar-refractivity contribution in [2.24, 2.45) is 5.16 Å². The Balaban J connectivity index is 1.53. The Hall–Kier alpha value is -2.70. The summed E-state index contributed by atoms with van der Waals surface area (Å²) >= 11 is 0. The molecule has 23 heavy (non-hydrogen) atoms. The van der Waals surface area contributed by atoms with E-state index in [2.05, 4.69) is 5.16 Å². The topological polar surface area (TPSA) is 96.3 Å². The lowest BCUT2D eigenvalue weighted by atomic mass is 10.1. The molecule has 0 radical (unpaired) electrons. The van der Waals surface area contributed by atoms with Crippen LogP contribution in [0.15, 0.2) is 29.4 Å². The molecule has 2 aliphatic rings. The summed E-state index contributed by atoms with van der Waals surface area (Å²) in [5.74, 6) is -1.44. The molecule has 0 bridgehead atoms. The fraction of sp³-hybridized carbons (Fsp3) is 0.375. The van der Waals surface area contributed by atoms with Crippen LogP contribution >= 0.6 is 0 Å². The maximum Gasteiger partial charge on any atom is 0.303 e. The Morgan fingerprint density at radius 2 is 1.91 bits per heavy atom. The molecule has 2 heterocycles. The van der Waals surface area contributed by atoms with Gasteiger partial charge in [-0.15, -0.1) is 0 Å². The molecule has 0 aromatic heterocycles. The molecule has 2 amide bonds. The minimum absolute atomic E-state index is 0.0336. The van der Waals surface area contributed by atoms with E-state index in [1.54, 1.807) is 24.3 Å². The Kier molecular flexibility index (Phi) is 4.10. The number of carboxylic acids is 1. The van der Waals surface area contributed by atoms with Crippen LogP contribution in [0.4, 0.5) is 0 Å². The highest BCUT2D eigenvalue weighted by Crippen LogP contribution is 2.23. The number of hydrogen-bond donors (Lipinski definition) is 1. The van der Waals surface area contributed by atoms with Crippen LogP contribution < -0.4 is 0 Å². The first-order valence-corrected chi connectivity index (χ1v) is 7.45. The first kappa shape index (κ1) is 15.2. The second-order valence-corrected chi connectivity index (χ2v) is 5.58. The van der Waals surface area contributed by atoms with E-state index >= 15 is 0 Å². The zero-order valence-electron chi connectivity index (χ0n) is 12.4. The molecule has 7 heteroatoms. The molecule has 1 aromatic carbocycles. The van der Waals surface area contributed by atoms with Crippen LogP contribution in [0.5, 0.6) is 0 Å². The van der Waals surface area contributed by atoms with Crippen LogP contribution in [-0.2, 0) is 9.63 Å². The van der Waals surface area contributed by atoms with Gasteiger partial charge in [-0.1, -0.05) is 17.3 Å². The van der Waals surface area contributed by atoms with E-state index in [9.17, 15) is 14.4 Å². The molecule has 0 unspecified atom stereocenters. The molecule has 0 spiro atoms. The van der Waals surface area contributed by atoms with Gasteiger partial charge in [-0.05, 0) is 18.6 Å². The van der Waals surface area contributed by atoms with Crippen molar-refractivity contribution < 1.29 is 24.3 Å². The van der Waals surface area contributed by atoms with Crippen LogP contribution in [0.25, 0.3) is 0 Å². The fourth-order valence-electron chi connectivity index (χ4n) is 2.76. The minimum Gasteiger partial charge on any atom is -0.481 e. The van der Waals surface area contributed by atoms with Crippen LogP contribution in [0.3, 0.4) is 0 Å². The molecule has 1 aromatic rings. The molecule has 1 N–H and O–H groups in total. The molecular weight excluding hydrogens is 300 g/mol. The average Bonchev–Trinajstić information content (AvgIpc) is 3.09. The molecule has 3 rings (SSSR count). The monoisotopic (exact) mass is 316 g/mol. The van der Waals surface area contributed by atoms with Gasteiger partial charge in [-0.2, -0.15) is 0 Å². The van der Waals surface area contributed by atoms with Gasteiger partial charge in [0, 0.05) is 25.8 Å². The first-order valence-electron chi connectivity index (χ1n) is 7.45. The van der Waals surface area contributed by atoms with Gasteiger partial charge in [-0.25, -0.2) is 0 Å². The van der Waals surface area contributed by atoms with E-state index < -0.39 is 5.97 Å². The number of oxime groups is 1. The van der Waals surface area contributed by atoms with Gasteiger partial charge in [0.15, 0.2) is 0 Å². The Morgan fingerprint density at radius 3 is 2.52 bits per heavy atom. The maximum absolute atomic E-state index is 12.2. The van der Waals surface area contributed by atoms with Crippen LogP contribution in [0.1, 0.15) is 46.4 Å². The fourth-order valence-corrected chi connectivity index (χ4v) is 2.76. The standard InChI is InChI=1S/C16H16N2O5/c19-14(20)6-5-11-9-10(17-23-11)7-8-18-15(21)12-3-1-2-4-13(12)16(18)22/h1-4,11H,5-9H2,(H,19,20)/t11-/m1/s1. The van der Waals surface area contributed by atoms with Gasteiger partial charge >= 0.3 is 5.97 Å². The zero-order valence-corrected chi connectivity index (χ0v) is 12.4. The highest BCUT2D eigenvalue weighted by Gasteiger charge is 2.35. The summed E-state index contributed by atoms with van der Waals surface area (Å²) in [6, 6.07) is 6.76. The lowest BCUT2D eigenvalue weighted by Gasteiger charge is -2.13. The normalized spacial score (nSPS) is 19.6. The molecule has 7 nitrogen and oxygen atoms in total. The first-order chi connectivity index (χ1) is 11.1. The smallest absolute Gasteiger partial charge is 0.303 e. The SMILES string of the molecule is O=C(O)CC[C@@H]1CC(CCN2C(=O)c3ccccc3C2=O)=NO1. The highest BCUT2D eigenvalue weighted by atomic mass is 16.6. The molecular formula is C16H16N2O5. The van der Waals surface area contributed by atoms with E-state index in [1.165, 1.54) is 4.90 Å². The minimum atomic E-state index is -0.868. The van der Waals surface area contributed by atoms with Crippen molar-refractivity contribution >= 4 is 23.5 Å². The van der Waals surface area contributed by atoms with Crippen LogP contribution in [0, 0.1) is 0 Å². The number of benzene rings is 1. The van der Waals surface area contributed by atoms with Crippen molar-refractivity contribution in [1.29, 1.82) is 0 Å². The molecule has 0 aliphatic carbocycles. The van der Waals surface area contributed by atoms with Gasteiger partial charge < -0.3 is 9.94 Å². The summed E-state index contributed by atoms with van der Waals surface area (Å²) in [7, 11) is 0. The lowest BCUT2D eigenvalue weighted by Crippen LogP contribution is -2.31. The van der Waals surface area contributed by atoms with Crippen LogP contribution in [0.2, 0.25) is 0 Å². The van der Waals surface area contributed by atoms with Crippen molar-refractivity contribution in [3.63, 3.8) is 0 Å². The van der Waals surface area contributed by atoms with Gasteiger partial charge in [0.1, 0.15) is 6.10 Å². The average molecular weight is 316 g/mol. The summed E-state index contributed by atoms with van der Waals surface area (Å²) in [5.41, 5.74) is 1.61. The van der Waals surface area contributed by atoms with Gasteiger partial charge in [-0.3, -0.25) is 19.3 Å². The summed E-state index contributed by atoms with van der Waals surface area (Å²) in [4.78, 5) is 41.4. The second kappa shape index (κ2) is 6.20. The van der Waals surface area contributed by atoms with Crippen molar-refractivity contribution in [2.75, 3.05) is 6.54 Å². The molecule has 0 saturated heterocycles. The summed E-state index contributed by atoms with van der Waals surface area (Å²) in [6.45, 7) is 0.250. The molecule has 120 valence electrons. The molecule has 0 fully saturated rings. The molecule has 2 aliphatic heterocycles. The molecule has 0 saturated carbocycles. The Labute approximate surface area is 132 Å². The number of fused-ring (bicyclic) bond motifs is 1. The van der Waals surface area contributed by atoms with Gasteiger partial charge in [0.2, 0.25) is 0 Å². The molecule has 1 atom stereocenters. The highest BCUT2D eigenvalue weighted by molar-refractivity contribution is 6.21. The van der Waals surface area contributed by atoms with Crippen LogP contribution in [-0.4, -0.2) is 46.2 Å². The van der Waals surface area contributed by atoms with Gasteiger partial charge in [0.25, 0.3) is 11.8 Å². The lowest BCUT2D eigenvalue weighted by molar-refractivity contribution is -0.137. The summed E-state index contributed by atoms with van der Waals surface area (Å²) in [6.07, 6.45) is 1.18. The Bertz CT molecular complexity index is 662. The number of rotatable bonds is 6. The van der Waals surface area contributed by atoms with E-state index in [0.717, 1.165) is 5.71 Å². The number of imide groups is 1. The summed E-state index contributed by atoms with van der Waals surface area (Å²) in [5, 5.41) is 12.6. The third-order valence-corrected chi connectivity index (χ3v) is 3.98. The third kappa shape index (κ3) is 3.08.